The molecule has 3 aromatic rings. The molecule has 0 atom stereocenters. The molecule has 1 heterocycles. The van der Waals surface area contributed by atoms with E-state index in [-0.39, 0.29) is 17.8 Å². The first kappa shape index (κ1) is 17.8. The third kappa shape index (κ3) is 3.98. The van der Waals surface area contributed by atoms with Gasteiger partial charge in [0.1, 0.15) is 6.54 Å². The molecule has 0 bridgehead atoms. The molecule has 9 nitrogen and oxygen atoms in total. The molecule has 2 amide bonds. The number of para-hydroxylation sites is 1. The molecule has 3 rings (SSSR count). The van der Waals surface area contributed by atoms with Gasteiger partial charge in [-0.05, 0) is 18.2 Å². The fourth-order valence-electron chi connectivity index (χ4n) is 2.64. The lowest BCUT2D eigenvalue weighted by Crippen LogP contribution is -2.18. The highest BCUT2D eigenvalue weighted by molar-refractivity contribution is 6.01. The lowest BCUT2D eigenvalue weighted by molar-refractivity contribution is -0.384. The second-order valence-electron chi connectivity index (χ2n) is 5.70. The number of primary amides is 1. The number of hydrogen-bond donors (Lipinski definition) is 2. The first-order valence-corrected chi connectivity index (χ1v) is 7.90. The largest absolute Gasteiger partial charge is 0.368 e. The molecule has 0 saturated carbocycles. The van der Waals surface area contributed by atoms with Gasteiger partial charge in [-0.1, -0.05) is 18.2 Å². The van der Waals surface area contributed by atoms with E-state index in [1.807, 2.05) is 24.3 Å². The number of hydrazone groups is 1. The number of nitro benzene ring substituents is 1. The molecule has 0 aliphatic rings. The summed E-state index contributed by atoms with van der Waals surface area (Å²) in [6.45, 7) is 0.0313. The van der Waals surface area contributed by atoms with E-state index in [1.54, 1.807) is 10.8 Å². The molecule has 0 unspecified atom stereocenters. The molecular weight excluding hydrogens is 350 g/mol. The highest BCUT2D eigenvalue weighted by atomic mass is 16.6. The number of aromatic nitrogens is 1. The summed E-state index contributed by atoms with van der Waals surface area (Å²) in [5.74, 6) is -0.965. The van der Waals surface area contributed by atoms with Crippen molar-refractivity contribution in [2.75, 3.05) is 0 Å². The number of non-ortho nitro benzene ring substituents is 1. The molecule has 0 spiro atoms. The van der Waals surface area contributed by atoms with Gasteiger partial charge in [-0.2, -0.15) is 5.10 Å². The van der Waals surface area contributed by atoms with Crippen molar-refractivity contribution >= 4 is 34.6 Å². The zero-order valence-electron chi connectivity index (χ0n) is 14.0. The number of carbonyl (C=O) groups is 2. The minimum Gasteiger partial charge on any atom is -0.368 e. The highest BCUT2D eigenvalue weighted by Gasteiger charge is 2.10. The first-order valence-electron chi connectivity index (χ1n) is 7.90. The Hall–Kier alpha value is -4.01. The van der Waals surface area contributed by atoms with Gasteiger partial charge in [0.05, 0.1) is 11.1 Å². The number of nitrogens with one attached hydrogen (secondary N) is 1. The van der Waals surface area contributed by atoms with Crippen molar-refractivity contribution in [2.24, 2.45) is 10.8 Å². The normalized spacial score (nSPS) is 11.0. The summed E-state index contributed by atoms with van der Waals surface area (Å²) in [6, 6.07) is 12.6. The van der Waals surface area contributed by atoms with Gasteiger partial charge in [-0.15, -0.1) is 0 Å². The summed E-state index contributed by atoms with van der Waals surface area (Å²) in [5, 5.41) is 15.4. The lowest BCUT2D eigenvalue weighted by atomic mass is 10.2. The molecule has 0 aliphatic carbocycles. The average Bonchev–Trinajstić information content (AvgIpc) is 2.99. The van der Waals surface area contributed by atoms with E-state index in [4.69, 9.17) is 5.73 Å². The molecule has 0 saturated heterocycles. The van der Waals surface area contributed by atoms with Crippen LogP contribution in [0, 0.1) is 10.1 Å². The zero-order chi connectivity index (χ0) is 19.4. The van der Waals surface area contributed by atoms with Gasteiger partial charge in [-0.25, -0.2) is 5.43 Å². The van der Waals surface area contributed by atoms with Crippen molar-refractivity contribution in [1.82, 2.24) is 9.99 Å². The topological polar surface area (TPSA) is 133 Å². The minimum atomic E-state index is -0.540. The molecule has 0 aliphatic heterocycles. The number of nitrogens with two attached hydrogens (primary N) is 1. The number of carbonyl (C=O) groups excluding carboxylic acids is 2. The van der Waals surface area contributed by atoms with Crippen LogP contribution in [0.4, 0.5) is 5.69 Å². The molecular formula is C18H15N5O4. The second kappa shape index (κ2) is 7.48. The Morgan fingerprint density at radius 1 is 1.19 bits per heavy atom. The summed E-state index contributed by atoms with van der Waals surface area (Å²) >= 11 is 0. The molecule has 0 radical (unpaired) electrons. The summed E-state index contributed by atoms with van der Waals surface area (Å²) < 4.78 is 1.71. The Morgan fingerprint density at radius 3 is 2.56 bits per heavy atom. The number of benzene rings is 2. The van der Waals surface area contributed by atoms with E-state index in [2.05, 4.69) is 10.5 Å². The van der Waals surface area contributed by atoms with Crippen molar-refractivity contribution in [3.8, 4) is 0 Å². The van der Waals surface area contributed by atoms with Crippen LogP contribution in [0.5, 0.6) is 0 Å². The fourth-order valence-corrected chi connectivity index (χ4v) is 2.64. The van der Waals surface area contributed by atoms with Crippen LogP contribution in [0.3, 0.4) is 0 Å². The van der Waals surface area contributed by atoms with E-state index in [0.29, 0.717) is 5.56 Å². The van der Waals surface area contributed by atoms with E-state index >= 15 is 0 Å². The summed E-state index contributed by atoms with van der Waals surface area (Å²) in [4.78, 5) is 33.4. The minimum absolute atomic E-state index is 0.0313. The third-order valence-corrected chi connectivity index (χ3v) is 3.86. The number of nitrogens with zero attached hydrogens (tertiary/aromatic N) is 3. The molecule has 0 fully saturated rings. The van der Waals surface area contributed by atoms with Crippen LogP contribution in [-0.2, 0) is 11.3 Å². The zero-order valence-corrected chi connectivity index (χ0v) is 14.0. The third-order valence-electron chi connectivity index (χ3n) is 3.86. The standard InChI is InChI=1S/C18H15N5O4/c19-17(24)11-22-10-13(15-3-1-2-4-16(15)22)9-20-21-18(25)12-5-7-14(8-6-12)23(26)27/h1-10H,11H2,(H2,19,24)(H,21,25)/b20-9+. The predicted molar refractivity (Wildman–Crippen MR) is 99.3 cm³/mol. The molecule has 27 heavy (non-hydrogen) atoms. The smallest absolute Gasteiger partial charge is 0.271 e. The Balaban J connectivity index is 1.77. The van der Waals surface area contributed by atoms with Crippen LogP contribution >= 0.6 is 0 Å². The SMILES string of the molecule is NC(=O)Cn1cc(/C=N/NC(=O)c2ccc([N+](=O)[O-])cc2)c2ccccc21. The van der Waals surface area contributed by atoms with Crippen LogP contribution in [-0.4, -0.2) is 27.5 Å². The first-order chi connectivity index (χ1) is 13.0. The van der Waals surface area contributed by atoms with E-state index < -0.39 is 16.7 Å². The average molecular weight is 365 g/mol. The predicted octanol–water partition coefficient (Wildman–Crippen LogP) is 1.80. The van der Waals surface area contributed by atoms with Gasteiger partial charge in [0.2, 0.25) is 5.91 Å². The maximum atomic E-state index is 12.1. The van der Waals surface area contributed by atoms with Crippen LogP contribution in [0.2, 0.25) is 0 Å². The Morgan fingerprint density at radius 2 is 1.89 bits per heavy atom. The second-order valence-corrected chi connectivity index (χ2v) is 5.70. The number of nitro groups is 1. The Bertz CT molecular complexity index is 1050. The molecule has 136 valence electrons. The van der Waals surface area contributed by atoms with Crippen LogP contribution in [0.15, 0.2) is 59.8 Å². The van der Waals surface area contributed by atoms with Gasteiger partial charge in [-0.3, -0.25) is 19.7 Å². The van der Waals surface area contributed by atoms with Crippen molar-refractivity contribution in [3.63, 3.8) is 0 Å². The van der Waals surface area contributed by atoms with Crippen LogP contribution in [0.25, 0.3) is 10.9 Å². The van der Waals surface area contributed by atoms with Crippen molar-refractivity contribution < 1.29 is 14.5 Å². The quantitative estimate of drug-likeness (QED) is 0.391. The number of hydrogen-bond acceptors (Lipinski definition) is 5. The maximum absolute atomic E-state index is 12.1. The van der Waals surface area contributed by atoms with Crippen LogP contribution in [0.1, 0.15) is 15.9 Å². The number of fused-ring (bicyclic) bond motifs is 1. The van der Waals surface area contributed by atoms with Crippen LogP contribution < -0.4 is 11.2 Å². The molecule has 1 aromatic heterocycles. The molecule has 2 aromatic carbocycles. The van der Waals surface area contributed by atoms with E-state index in [1.165, 1.54) is 30.5 Å². The van der Waals surface area contributed by atoms with Crippen molar-refractivity contribution in [3.05, 3.63) is 76.0 Å². The van der Waals surface area contributed by atoms with Gasteiger partial charge in [0.25, 0.3) is 11.6 Å². The number of amides is 2. The molecule has 9 heteroatoms. The molecule has 3 N–H and O–H groups in total. The van der Waals surface area contributed by atoms with Gasteiger partial charge in [0.15, 0.2) is 0 Å². The summed E-state index contributed by atoms with van der Waals surface area (Å²) in [5.41, 5.74) is 9.30. The fraction of sp³-hybridized carbons (Fsp3) is 0.0556. The van der Waals surface area contributed by atoms with Gasteiger partial charge in [0, 0.05) is 40.4 Å². The highest BCUT2D eigenvalue weighted by Crippen LogP contribution is 2.19. The Labute approximate surface area is 153 Å². The van der Waals surface area contributed by atoms with E-state index in [0.717, 1.165) is 10.9 Å². The van der Waals surface area contributed by atoms with Gasteiger partial charge >= 0.3 is 0 Å². The monoisotopic (exact) mass is 365 g/mol. The summed E-state index contributed by atoms with van der Waals surface area (Å²) in [6.07, 6.45) is 3.18. The number of rotatable bonds is 6. The van der Waals surface area contributed by atoms with Crippen molar-refractivity contribution in [1.29, 1.82) is 0 Å². The van der Waals surface area contributed by atoms with E-state index in [9.17, 15) is 19.7 Å². The Kier molecular flexibility index (Phi) is 4.93. The van der Waals surface area contributed by atoms with Gasteiger partial charge < -0.3 is 10.3 Å². The summed E-state index contributed by atoms with van der Waals surface area (Å²) in [7, 11) is 0. The maximum Gasteiger partial charge on any atom is 0.271 e. The lowest BCUT2D eigenvalue weighted by Gasteiger charge is -2.00. The van der Waals surface area contributed by atoms with Crippen molar-refractivity contribution in [2.45, 2.75) is 6.54 Å².